The highest BCUT2D eigenvalue weighted by Crippen LogP contribution is 2.27. The number of nitrogens with one attached hydrogen (secondary N) is 1. The lowest BCUT2D eigenvalue weighted by Gasteiger charge is -2.20. The molecule has 0 saturated heterocycles. The van der Waals surface area contributed by atoms with E-state index >= 15 is 0 Å². The topological polar surface area (TPSA) is 75.3 Å². The predicted molar refractivity (Wildman–Crippen MR) is 65.1 cm³/mol. The molecule has 0 amide bonds. The quantitative estimate of drug-likeness (QED) is 0.893. The van der Waals surface area contributed by atoms with Crippen molar-refractivity contribution >= 4 is 11.5 Å². The van der Waals surface area contributed by atoms with Gasteiger partial charge in [-0.2, -0.15) is 17.7 Å². The van der Waals surface area contributed by atoms with Crippen LogP contribution in [0.15, 0.2) is 12.1 Å². The molecule has 9 heteroatoms. The highest BCUT2D eigenvalue weighted by molar-refractivity contribution is 5.44. The van der Waals surface area contributed by atoms with Gasteiger partial charge < -0.3 is 10.4 Å². The van der Waals surface area contributed by atoms with Crippen molar-refractivity contribution in [1.29, 1.82) is 0 Å². The third-order valence-corrected chi connectivity index (χ3v) is 2.85. The van der Waals surface area contributed by atoms with E-state index in [-0.39, 0.29) is 30.0 Å². The highest BCUT2D eigenvalue weighted by atomic mass is 19.4. The van der Waals surface area contributed by atoms with Gasteiger partial charge in [0.25, 0.3) is 5.82 Å². The minimum absolute atomic E-state index is 0.00738. The molecule has 2 aromatic heterocycles. The molecule has 0 radical (unpaired) electrons. The van der Waals surface area contributed by atoms with Gasteiger partial charge in [-0.25, -0.2) is 0 Å². The summed E-state index contributed by atoms with van der Waals surface area (Å²) in [7, 11) is 0. The Hall–Kier alpha value is -1.90. The summed E-state index contributed by atoms with van der Waals surface area (Å²) in [5.41, 5.74) is 0.00738. The van der Waals surface area contributed by atoms with Crippen LogP contribution in [0.25, 0.3) is 5.65 Å². The Bertz CT molecular complexity index is 595. The second-order valence-electron chi connectivity index (χ2n) is 4.69. The molecule has 0 aliphatic rings. The molecule has 2 aromatic rings. The van der Waals surface area contributed by atoms with E-state index in [4.69, 9.17) is 0 Å². The van der Waals surface area contributed by atoms with Gasteiger partial charge in [0.1, 0.15) is 5.82 Å². The van der Waals surface area contributed by atoms with Gasteiger partial charge in [0.2, 0.25) is 0 Å². The maximum atomic E-state index is 12.7. The van der Waals surface area contributed by atoms with E-state index < -0.39 is 12.0 Å². The van der Waals surface area contributed by atoms with Crippen molar-refractivity contribution in [2.75, 3.05) is 11.9 Å². The van der Waals surface area contributed by atoms with Crippen molar-refractivity contribution in [2.24, 2.45) is 5.92 Å². The Kier molecular flexibility index (Phi) is 3.80. The molecule has 0 bridgehead atoms. The molecule has 0 aliphatic heterocycles. The summed E-state index contributed by atoms with van der Waals surface area (Å²) < 4.78 is 38.8. The smallest absolute Gasteiger partial charge is 0.394 e. The number of hydrogen-bond acceptors (Lipinski definition) is 5. The number of hydrogen-bond donors (Lipinski definition) is 2. The molecule has 0 saturated carbocycles. The summed E-state index contributed by atoms with van der Waals surface area (Å²) in [6.07, 6.45) is -4.63. The summed E-state index contributed by atoms with van der Waals surface area (Å²) in [4.78, 5) is 0. The molecule has 2 rings (SSSR count). The van der Waals surface area contributed by atoms with Crippen LogP contribution in [0.1, 0.15) is 19.7 Å². The van der Waals surface area contributed by atoms with Gasteiger partial charge in [-0.15, -0.1) is 15.3 Å². The van der Waals surface area contributed by atoms with Gasteiger partial charge in [-0.1, -0.05) is 13.8 Å². The minimum atomic E-state index is -4.63. The Labute approximate surface area is 112 Å². The van der Waals surface area contributed by atoms with Crippen molar-refractivity contribution < 1.29 is 18.3 Å². The Morgan fingerprint density at radius 2 is 2.00 bits per heavy atom. The molecule has 0 fully saturated rings. The van der Waals surface area contributed by atoms with Crippen LogP contribution in [-0.4, -0.2) is 37.6 Å². The monoisotopic (exact) mass is 289 g/mol. The van der Waals surface area contributed by atoms with Gasteiger partial charge in [0.05, 0.1) is 12.6 Å². The van der Waals surface area contributed by atoms with Crippen LogP contribution >= 0.6 is 0 Å². The number of aliphatic hydroxyl groups is 1. The van der Waals surface area contributed by atoms with Crippen LogP contribution in [0, 0.1) is 5.92 Å². The molecule has 0 spiro atoms. The number of fused-ring (bicyclic) bond motifs is 1. The van der Waals surface area contributed by atoms with E-state index in [9.17, 15) is 18.3 Å². The lowest BCUT2D eigenvalue weighted by Crippen LogP contribution is -2.30. The van der Waals surface area contributed by atoms with Gasteiger partial charge >= 0.3 is 6.18 Å². The second-order valence-corrected chi connectivity index (χ2v) is 4.69. The normalized spacial score (nSPS) is 13.9. The number of anilines is 1. The first-order valence-electron chi connectivity index (χ1n) is 6.00. The van der Waals surface area contributed by atoms with Gasteiger partial charge in [0.15, 0.2) is 5.65 Å². The molecular formula is C11H14F3N5O. The van der Waals surface area contributed by atoms with Gasteiger partial charge in [0, 0.05) is 0 Å². The van der Waals surface area contributed by atoms with Crippen molar-refractivity contribution in [1.82, 2.24) is 19.8 Å². The Balaban J connectivity index is 2.37. The Morgan fingerprint density at radius 1 is 1.30 bits per heavy atom. The molecule has 0 aliphatic carbocycles. The SMILES string of the molecule is CC(C)C(CO)Nc1ccc2nnc(C(F)(F)F)n2n1. The average molecular weight is 289 g/mol. The first-order chi connectivity index (χ1) is 9.32. The number of halogens is 3. The molecule has 1 unspecified atom stereocenters. The lowest BCUT2D eigenvalue weighted by molar-refractivity contribution is -0.146. The lowest BCUT2D eigenvalue weighted by atomic mass is 10.1. The first kappa shape index (κ1) is 14.5. The van der Waals surface area contributed by atoms with Gasteiger partial charge in [-0.05, 0) is 18.1 Å². The summed E-state index contributed by atoms with van der Waals surface area (Å²) in [5, 5.41) is 22.4. The van der Waals surface area contributed by atoms with Crippen molar-refractivity contribution in [3.63, 3.8) is 0 Å². The third-order valence-electron chi connectivity index (χ3n) is 2.85. The van der Waals surface area contributed by atoms with E-state index in [2.05, 4.69) is 20.6 Å². The Morgan fingerprint density at radius 3 is 2.55 bits per heavy atom. The second kappa shape index (κ2) is 5.23. The van der Waals surface area contributed by atoms with E-state index in [1.807, 2.05) is 13.8 Å². The fourth-order valence-electron chi connectivity index (χ4n) is 1.66. The van der Waals surface area contributed by atoms with Crippen LogP contribution in [0.3, 0.4) is 0 Å². The maximum absolute atomic E-state index is 12.7. The molecule has 20 heavy (non-hydrogen) atoms. The first-order valence-corrected chi connectivity index (χ1v) is 6.00. The highest BCUT2D eigenvalue weighted by Gasteiger charge is 2.37. The fourth-order valence-corrected chi connectivity index (χ4v) is 1.66. The van der Waals surface area contributed by atoms with Crippen LogP contribution in [0.5, 0.6) is 0 Å². The summed E-state index contributed by atoms with van der Waals surface area (Å²) >= 11 is 0. The van der Waals surface area contributed by atoms with E-state index in [1.165, 1.54) is 12.1 Å². The maximum Gasteiger partial charge on any atom is 0.453 e. The predicted octanol–water partition coefficient (Wildman–Crippen LogP) is 1.57. The van der Waals surface area contributed by atoms with Crippen molar-refractivity contribution in [2.45, 2.75) is 26.1 Å². The van der Waals surface area contributed by atoms with E-state index in [0.717, 1.165) is 0 Å². The van der Waals surface area contributed by atoms with Crippen LogP contribution in [-0.2, 0) is 6.18 Å². The van der Waals surface area contributed by atoms with E-state index in [1.54, 1.807) is 0 Å². The fraction of sp³-hybridized carbons (Fsp3) is 0.545. The summed E-state index contributed by atoms with van der Waals surface area (Å²) in [6, 6.07) is 2.58. The zero-order valence-electron chi connectivity index (χ0n) is 10.9. The van der Waals surface area contributed by atoms with Crippen LogP contribution in [0.2, 0.25) is 0 Å². The summed E-state index contributed by atoms with van der Waals surface area (Å²) in [5.74, 6) is -0.864. The number of alkyl halides is 3. The third kappa shape index (κ3) is 2.82. The summed E-state index contributed by atoms with van der Waals surface area (Å²) in [6.45, 7) is 3.62. The zero-order chi connectivity index (χ0) is 14.9. The van der Waals surface area contributed by atoms with Gasteiger partial charge in [-0.3, -0.25) is 0 Å². The molecule has 6 nitrogen and oxygen atoms in total. The number of nitrogens with zero attached hydrogens (tertiary/aromatic N) is 4. The molecule has 1 atom stereocenters. The van der Waals surface area contributed by atoms with Crippen molar-refractivity contribution in [3.8, 4) is 0 Å². The number of aromatic nitrogens is 4. The standard InChI is InChI=1S/C11H14F3N5O/c1-6(2)7(5-20)15-8-3-4-9-16-17-10(11(12,13)14)19(9)18-8/h3-4,6-7,20H,5H2,1-2H3,(H,15,18). The number of aliphatic hydroxyl groups excluding tert-OH is 1. The van der Waals surface area contributed by atoms with Crippen LogP contribution in [0.4, 0.5) is 19.0 Å². The largest absolute Gasteiger partial charge is 0.453 e. The zero-order valence-corrected chi connectivity index (χ0v) is 10.9. The van der Waals surface area contributed by atoms with Crippen LogP contribution < -0.4 is 5.32 Å². The number of rotatable bonds is 4. The average Bonchev–Trinajstić information content (AvgIpc) is 2.78. The molecule has 2 N–H and O–H groups in total. The molecule has 2 heterocycles. The molecule has 110 valence electrons. The molecule has 0 aromatic carbocycles. The molecular weight excluding hydrogens is 275 g/mol. The van der Waals surface area contributed by atoms with E-state index in [0.29, 0.717) is 4.52 Å². The van der Waals surface area contributed by atoms with Crippen molar-refractivity contribution in [3.05, 3.63) is 18.0 Å². The minimum Gasteiger partial charge on any atom is -0.394 e.